The summed E-state index contributed by atoms with van der Waals surface area (Å²) in [5.41, 5.74) is 0.743. The molecule has 0 unspecified atom stereocenters. The third-order valence-electron chi connectivity index (χ3n) is 3.05. The minimum Gasteiger partial charge on any atom is -0.478 e. The second-order valence-corrected chi connectivity index (χ2v) is 7.00. The summed E-state index contributed by atoms with van der Waals surface area (Å²) in [7, 11) is -0.526. The Balaban J connectivity index is 2.62. The molecular formula is C15H17N3O4S. The van der Waals surface area contributed by atoms with Crippen molar-refractivity contribution in [2.45, 2.75) is 11.8 Å². The molecule has 0 amide bonds. The molecule has 1 heterocycles. The standard InChI is InChI=1S/C15H17N3O4S/c1-11-4-6-12(7-5-11)23(21,22)18-9-8-13(15(19)20)14(18)16-10-17(2)3/h4-10H,1-3H3,(H,19,20). The lowest BCUT2D eigenvalue weighted by molar-refractivity contribution is 0.0698. The van der Waals surface area contributed by atoms with Crippen LogP contribution in [0, 0.1) is 6.92 Å². The van der Waals surface area contributed by atoms with Gasteiger partial charge in [0.25, 0.3) is 10.0 Å². The van der Waals surface area contributed by atoms with E-state index in [2.05, 4.69) is 4.99 Å². The Morgan fingerprint density at radius 1 is 1.22 bits per heavy atom. The highest BCUT2D eigenvalue weighted by Crippen LogP contribution is 2.26. The van der Waals surface area contributed by atoms with Gasteiger partial charge in [-0.2, -0.15) is 0 Å². The molecule has 23 heavy (non-hydrogen) atoms. The minimum atomic E-state index is -3.93. The maximum Gasteiger partial charge on any atom is 0.339 e. The molecule has 1 aromatic carbocycles. The van der Waals surface area contributed by atoms with E-state index in [1.165, 1.54) is 30.7 Å². The van der Waals surface area contributed by atoms with Crippen LogP contribution in [-0.2, 0) is 10.0 Å². The summed E-state index contributed by atoms with van der Waals surface area (Å²) < 4.78 is 26.3. The Kier molecular flexibility index (Phi) is 4.55. The van der Waals surface area contributed by atoms with E-state index in [-0.39, 0.29) is 16.3 Å². The molecule has 0 spiro atoms. The van der Waals surface area contributed by atoms with Crippen LogP contribution in [0.3, 0.4) is 0 Å². The van der Waals surface area contributed by atoms with E-state index >= 15 is 0 Å². The first-order chi connectivity index (χ1) is 10.7. The third kappa shape index (κ3) is 3.42. The number of aromatic carboxylic acids is 1. The van der Waals surface area contributed by atoms with Gasteiger partial charge in [-0.1, -0.05) is 17.7 Å². The number of carboxylic acid groups (broad SMARTS) is 1. The lowest BCUT2D eigenvalue weighted by Gasteiger charge is -2.10. The van der Waals surface area contributed by atoms with Gasteiger partial charge in [0.05, 0.1) is 11.2 Å². The summed E-state index contributed by atoms with van der Waals surface area (Å²) in [5, 5.41) is 9.22. The van der Waals surface area contributed by atoms with Crippen LogP contribution in [0.15, 0.2) is 46.4 Å². The molecule has 1 N–H and O–H groups in total. The SMILES string of the molecule is Cc1ccc(S(=O)(=O)n2ccc(C(=O)O)c2N=CN(C)C)cc1. The summed E-state index contributed by atoms with van der Waals surface area (Å²) in [6.07, 6.45) is 2.55. The van der Waals surface area contributed by atoms with E-state index in [4.69, 9.17) is 0 Å². The molecule has 8 heteroatoms. The summed E-state index contributed by atoms with van der Waals surface area (Å²) in [4.78, 5) is 16.9. The van der Waals surface area contributed by atoms with Gasteiger partial charge >= 0.3 is 5.97 Å². The predicted molar refractivity (Wildman–Crippen MR) is 87.0 cm³/mol. The highest BCUT2D eigenvalue weighted by Gasteiger charge is 2.24. The summed E-state index contributed by atoms with van der Waals surface area (Å²) in [6, 6.07) is 7.53. The Labute approximate surface area is 134 Å². The van der Waals surface area contributed by atoms with E-state index in [0.29, 0.717) is 0 Å². The van der Waals surface area contributed by atoms with Gasteiger partial charge in [0.2, 0.25) is 0 Å². The zero-order valence-electron chi connectivity index (χ0n) is 13.0. The molecule has 0 atom stereocenters. The normalized spacial score (nSPS) is 11.8. The van der Waals surface area contributed by atoms with Gasteiger partial charge in [0.15, 0.2) is 5.82 Å². The second-order valence-electron chi connectivity index (χ2n) is 5.18. The highest BCUT2D eigenvalue weighted by molar-refractivity contribution is 7.90. The number of benzene rings is 1. The number of carbonyl (C=O) groups is 1. The Morgan fingerprint density at radius 2 is 1.83 bits per heavy atom. The first-order valence-electron chi connectivity index (χ1n) is 6.71. The summed E-state index contributed by atoms with van der Waals surface area (Å²) in [5.74, 6) is -1.39. The van der Waals surface area contributed by atoms with Crippen LogP contribution in [0.4, 0.5) is 5.82 Å². The lowest BCUT2D eigenvalue weighted by Crippen LogP contribution is -2.13. The van der Waals surface area contributed by atoms with Crippen LogP contribution in [-0.4, -0.2) is 48.8 Å². The van der Waals surface area contributed by atoms with Gasteiger partial charge in [0, 0.05) is 20.3 Å². The third-order valence-corrected chi connectivity index (χ3v) is 4.73. The van der Waals surface area contributed by atoms with Crippen LogP contribution in [0.1, 0.15) is 15.9 Å². The van der Waals surface area contributed by atoms with Gasteiger partial charge in [-0.15, -0.1) is 0 Å². The molecule has 2 aromatic rings. The number of aryl methyl sites for hydroxylation is 1. The van der Waals surface area contributed by atoms with E-state index in [0.717, 1.165) is 9.54 Å². The number of hydrogen-bond acceptors (Lipinski definition) is 4. The van der Waals surface area contributed by atoms with Crippen molar-refractivity contribution in [3.8, 4) is 0 Å². The molecule has 1 aromatic heterocycles. The molecule has 0 radical (unpaired) electrons. The van der Waals surface area contributed by atoms with Crippen LogP contribution in [0.2, 0.25) is 0 Å². The Hall–Kier alpha value is -2.61. The molecule has 0 bridgehead atoms. The molecule has 0 saturated carbocycles. The van der Waals surface area contributed by atoms with E-state index < -0.39 is 16.0 Å². The molecule has 0 aliphatic heterocycles. The van der Waals surface area contributed by atoms with Crippen LogP contribution in [0.25, 0.3) is 0 Å². The Morgan fingerprint density at radius 3 is 2.35 bits per heavy atom. The zero-order valence-corrected chi connectivity index (χ0v) is 13.8. The topological polar surface area (TPSA) is 92.0 Å². The summed E-state index contributed by atoms with van der Waals surface area (Å²) >= 11 is 0. The van der Waals surface area contributed by atoms with Crippen molar-refractivity contribution in [1.29, 1.82) is 0 Å². The molecule has 0 aliphatic rings. The predicted octanol–water partition coefficient (Wildman–Crippen LogP) is 1.95. The number of aromatic nitrogens is 1. The highest BCUT2D eigenvalue weighted by atomic mass is 32.2. The number of carboxylic acids is 1. The first kappa shape index (κ1) is 16.8. The van der Waals surface area contributed by atoms with Crippen molar-refractivity contribution >= 4 is 28.1 Å². The van der Waals surface area contributed by atoms with Crippen LogP contribution < -0.4 is 0 Å². The van der Waals surface area contributed by atoms with Crippen molar-refractivity contribution < 1.29 is 18.3 Å². The molecule has 122 valence electrons. The molecule has 7 nitrogen and oxygen atoms in total. The van der Waals surface area contributed by atoms with E-state index in [1.54, 1.807) is 31.1 Å². The van der Waals surface area contributed by atoms with Gasteiger partial charge < -0.3 is 10.0 Å². The fourth-order valence-electron chi connectivity index (χ4n) is 1.89. The molecule has 0 saturated heterocycles. The van der Waals surface area contributed by atoms with E-state index in [1.807, 2.05) is 6.92 Å². The van der Waals surface area contributed by atoms with Gasteiger partial charge in [-0.05, 0) is 25.1 Å². The summed E-state index contributed by atoms with van der Waals surface area (Å²) in [6.45, 7) is 1.85. The fourth-order valence-corrected chi connectivity index (χ4v) is 3.19. The zero-order chi connectivity index (χ0) is 17.2. The van der Waals surface area contributed by atoms with Gasteiger partial charge in [0.1, 0.15) is 5.56 Å². The average Bonchev–Trinajstić information content (AvgIpc) is 2.90. The largest absolute Gasteiger partial charge is 0.478 e. The molecular weight excluding hydrogens is 318 g/mol. The van der Waals surface area contributed by atoms with Crippen molar-refractivity contribution in [3.05, 3.63) is 47.7 Å². The number of nitrogens with zero attached hydrogens (tertiary/aromatic N) is 3. The maximum absolute atomic E-state index is 12.7. The quantitative estimate of drug-likeness (QED) is 0.666. The van der Waals surface area contributed by atoms with Crippen molar-refractivity contribution in [2.75, 3.05) is 14.1 Å². The van der Waals surface area contributed by atoms with E-state index in [9.17, 15) is 18.3 Å². The molecule has 0 fully saturated rings. The number of rotatable bonds is 5. The van der Waals surface area contributed by atoms with Crippen LogP contribution in [0.5, 0.6) is 0 Å². The lowest BCUT2D eigenvalue weighted by atomic mass is 10.2. The molecule has 2 rings (SSSR count). The smallest absolute Gasteiger partial charge is 0.339 e. The minimum absolute atomic E-state index is 0.0666. The monoisotopic (exact) mass is 335 g/mol. The van der Waals surface area contributed by atoms with Crippen molar-refractivity contribution in [1.82, 2.24) is 8.87 Å². The van der Waals surface area contributed by atoms with Gasteiger partial charge in [-0.3, -0.25) is 0 Å². The number of aliphatic imine (C=N–C) groups is 1. The second kappa shape index (κ2) is 6.25. The number of hydrogen-bond donors (Lipinski definition) is 1. The van der Waals surface area contributed by atoms with Crippen LogP contribution >= 0.6 is 0 Å². The first-order valence-corrected chi connectivity index (χ1v) is 8.15. The average molecular weight is 335 g/mol. The van der Waals surface area contributed by atoms with Gasteiger partial charge in [-0.25, -0.2) is 22.2 Å². The van der Waals surface area contributed by atoms with Crippen molar-refractivity contribution in [2.24, 2.45) is 4.99 Å². The Bertz CT molecular complexity index is 849. The molecule has 0 aliphatic carbocycles. The van der Waals surface area contributed by atoms with Crippen molar-refractivity contribution in [3.63, 3.8) is 0 Å². The fraction of sp³-hybridized carbons (Fsp3) is 0.200. The maximum atomic E-state index is 12.7.